The van der Waals surface area contributed by atoms with Crippen molar-refractivity contribution in [1.82, 2.24) is 14.9 Å². The van der Waals surface area contributed by atoms with Gasteiger partial charge in [0.1, 0.15) is 11.9 Å². The molecule has 0 fully saturated rings. The summed E-state index contributed by atoms with van der Waals surface area (Å²) >= 11 is 0. The third-order valence-electron chi connectivity index (χ3n) is 3.56. The number of nitrogens with one attached hydrogen (secondary N) is 1. The zero-order valence-electron chi connectivity index (χ0n) is 12.8. The maximum Gasteiger partial charge on any atom is 0.320 e. The highest BCUT2D eigenvalue weighted by Crippen LogP contribution is 2.16. The number of aliphatic carboxylic acids is 1. The molecule has 0 aliphatic rings. The maximum absolute atomic E-state index is 11.3. The first-order valence-electron chi connectivity index (χ1n) is 7.43. The third-order valence-corrected chi connectivity index (χ3v) is 3.56. The van der Waals surface area contributed by atoms with Crippen LogP contribution in [-0.2, 0) is 17.9 Å². The Balaban J connectivity index is 2.17. The minimum absolute atomic E-state index is 0.337. The van der Waals surface area contributed by atoms with E-state index in [1.165, 1.54) is 0 Å². The number of rotatable bonds is 7. The first kappa shape index (κ1) is 15.5. The molecule has 1 aromatic carbocycles. The van der Waals surface area contributed by atoms with E-state index in [2.05, 4.69) is 21.8 Å². The lowest BCUT2D eigenvalue weighted by Crippen LogP contribution is -2.37. The Hall–Kier alpha value is -1.88. The average Bonchev–Trinajstić information content (AvgIpc) is 2.80. The van der Waals surface area contributed by atoms with Gasteiger partial charge in [-0.2, -0.15) is 0 Å². The van der Waals surface area contributed by atoms with Crippen LogP contribution in [0.1, 0.15) is 33.0 Å². The van der Waals surface area contributed by atoms with Gasteiger partial charge in [0.25, 0.3) is 0 Å². The van der Waals surface area contributed by atoms with Crippen LogP contribution in [0.3, 0.4) is 0 Å². The lowest BCUT2D eigenvalue weighted by Gasteiger charge is -2.16. The third kappa shape index (κ3) is 3.61. The summed E-state index contributed by atoms with van der Waals surface area (Å²) in [6.07, 6.45) is 0.613. The normalized spacial score (nSPS) is 13.0. The van der Waals surface area contributed by atoms with Gasteiger partial charge in [0.15, 0.2) is 0 Å². The van der Waals surface area contributed by atoms with Gasteiger partial charge in [-0.05, 0) is 31.4 Å². The number of carbonyl (C=O) groups is 1. The van der Waals surface area contributed by atoms with E-state index in [1.807, 2.05) is 38.1 Å². The van der Waals surface area contributed by atoms with Crippen molar-refractivity contribution in [3.63, 3.8) is 0 Å². The molecule has 0 saturated heterocycles. The van der Waals surface area contributed by atoms with Gasteiger partial charge in [0.05, 0.1) is 17.6 Å². The fourth-order valence-electron chi connectivity index (χ4n) is 2.57. The van der Waals surface area contributed by atoms with Gasteiger partial charge in [-0.3, -0.25) is 10.1 Å². The van der Waals surface area contributed by atoms with Gasteiger partial charge in [-0.1, -0.05) is 26.0 Å². The molecule has 1 unspecified atom stereocenters. The van der Waals surface area contributed by atoms with E-state index in [1.54, 1.807) is 0 Å². The molecule has 21 heavy (non-hydrogen) atoms. The Labute approximate surface area is 125 Å². The smallest absolute Gasteiger partial charge is 0.320 e. The van der Waals surface area contributed by atoms with Gasteiger partial charge in [0, 0.05) is 6.54 Å². The van der Waals surface area contributed by atoms with Crippen molar-refractivity contribution in [1.29, 1.82) is 0 Å². The minimum Gasteiger partial charge on any atom is -0.480 e. The van der Waals surface area contributed by atoms with Crippen molar-refractivity contribution in [2.24, 2.45) is 5.92 Å². The number of fused-ring (bicyclic) bond motifs is 1. The molecule has 5 nitrogen and oxygen atoms in total. The SMILES string of the molecule is CCn1c(CNC(CC(C)C)C(=O)O)nc2ccccc21. The Morgan fingerprint density at radius 2 is 2.10 bits per heavy atom. The van der Waals surface area contributed by atoms with Crippen LogP contribution in [0, 0.1) is 5.92 Å². The second-order valence-electron chi connectivity index (χ2n) is 5.66. The summed E-state index contributed by atoms with van der Waals surface area (Å²) in [4.78, 5) is 15.9. The fraction of sp³-hybridized carbons (Fsp3) is 0.500. The van der Waals surface area contributed by atoms with E-state index in [4.69, 9.17) is 0 Å². The molecule has 0 spiro atoms. The molecule has 0 radical (unpaired) electrons. The number of hydrogen-bond donors (Lipinski definition) is 2. The van der Waals surface area contributed by atoms with Crippen LogP contribution in [0.25, 0.3) is 11.0 Å². The second-order valence-corrected chi connectivity index (χ2v) is 5.66. The molecule has 2 N–H and O–H groups in total. The van der Waals surface area contributed by atoms with E-state index in [0.29, 0.717) is 18.9 Å². The van der Waals surface area contributed by atoms with Gasteiger partial charge >= 0.3 is 5.97 Å². The van der Waals surface area contributed by atoms with Gasteiger partial charge < -0.3 is 9.67 Å². The van der Waals surface area contributed by atoms with Crippen LogP contribution in [0.4, 0.5) is 0 Å². The van der Waals surface area contributed by atoms with Crippen molar-refractivity contribution in [3.8, 4) is 0 Å². The highest BCUT2D eigenvalue weighted by atomic mass is 16.4. The number of para-hydroxylation sites is 2. The molecule has 114 valence electrons. The Morgan fingerprint density at radius 1 is 1.38 bits per heavy atom. The van der Waals surface area contributed by atoms with E-state index in [0.717, 1.165) is 23.4 Å². The zero-order chi connectivity index (χ0) is 15.4. The lowest BCUT2D eigenvalue weighted by atomic mass is 10.0. The molecule has 2 rings (SSSR count). The minimum atomic E-state index is -0.803. The van der Waals surface area contributed by atoms with E-state index < -0.39 is 12.0 Å². The van der Waals surface area contributed by atoms with E-state index in [9.17, 15) is 9.90 Å². The summed E-state index contributed by atoms with van der Waals surface area (Å²) in [5, 5.41) is 12.4. The van der Waals surface area contributed by atoms with E-state index in [-0.39, 0.29) is 0 Å². The van der Waals surface area contributed by atoms with Crippen LogP contribution < -0.4 is 5.32 Å². The van der Waals surface area contributed by atoms with Crippen LogP contribution in [0.2, 0.25) is 0 Å². The van der Waals surface area contributed by atoms with Gasteiger partial charge in [-0.15, -0.1) is 0 Å². The molecule has 0 aliphatic carbocycles. The predicted molar refractivity (Wildman–Crippen MR) is 83.1 cm³/mol. The topological polar surface area (TPSA) is 67.2 Å². The molecule has 5 heteroatoms. The molecule has 0 bridgehead atoms. The second kappa shape index (κ2) is 6.72. The lowest BCUT2D eigenvalue weighted by molar-refractivity contribution is -0.140. The van der Waals surface area contributed by atoms with Crippen molar-refractivity contribution in [3.05, 3.63) is 30.1 Å². The predicted octanol–water partition coefficient (Wildman–Crippen LogP) is 2.65. The van der Waals surface area contributed by atoms with Crippen molar-refractivity contribution in [2.75, 3.05) is 0 Å². The standard InChI is InChI=1S/C16H23N3O2/c1-4-19-14-8-6-5-7-12(14)18-15(19)10-17-13(16(20)21)9-11(2)3/h5-8,11,13,17H,4,9-10H2,1-3H3,(H,20,21). The Kier molecular flexibility index (Phi) is 4.96. The summed E-state index contributed by atoms with van der Waals surface area (Å²) < 4.78 is 2.12. The Morgan fingerprint density at radius 3 is 2.71 bits per heavy atom. The summed E-state index contributed by atoms with van der Waals surface area (Å²) in [7, 11) is 0. The monoisotopic (exact) mass is 289 g/mol. The summed E-state index contributed by atoms with van der Waals surface area (Å²) in [6, 6.07) is 7.44. The molecule has 1 atom stereocenters. The van der Waals surface area contributed by atoms with Crippen LogP contribution in [-0.4, -0.2) is 26.7 Å². The highest BCUT2D eigenvalue weighted by Gasteiger charge is 2.19. The molecular formula is C16H23N3O2. The zero-order valence-corrected chi connectivity index (χ0v) is 12.8. The summed E-state index contributed by atoms with van der Waals surface area (Å²) in [6.45, 7) is 7.41. The molecule has 1 aromatic heterocycles. The first-order valence-corrected chi connectivity index (χ1v) is 7.43. The molecule has 0 saturated carbocycles. The maximum atomic E-state index is 11.3. The number of aryl methyl sites for hydroxylation is 1. The number of benzene rings is 1. The van der Waals surface area contributed by atoms with Crippen LogP contribution in [0.5, 0.6) is 0 Å². The van der Waals surface area contributed by atoms with Crippen molar-refractivity contribution in [2.45, 2.75) is 46.3 Å². The molecule has 2 aromatic rings. The largest absolute Gasteiger partial charge is 0.480 e. The van der Waals surface area contributed by atoms with Crippen LogP contribution in [0.15, 0.2) is 24.3 Å². The molecule has 1 heterocycles. The number of carboxylic acids is 1. The average molecular weight is 289 g/mol. The van der Waals surface area contributed by atoms with Crippen molar-refractivity contribution >= 4 is 17.0 Å². The number of nitrogens with zero attached hydrogens (tertiary/aromatic N) is 2. The first-order chi connectivity index (χ1) is 10.0. The molecule has 0 amide bonds. The highest BCUT2D eigenvalue weighted by molar-refractivity contribution is 5.76. The summed E-state index contributed by atoms with van der Waals surface area (Å²) in [5.41, 5.74) is 2.04. The number of carboxylic acid groups (broad SMARTS) is 1. The van der Waals surface area contributed by atoms with Crippen LogP contribution >= 0.6 is 0 Å². The number of aromatic nitrogens is 2. The number of imidazole rings is 1. The van der Waals surface area contributed by atoms with Gasteiger partial charge in [-0.25, -0.2) is 4.98 Å². The molecular weight excluding hydrogens is 266 g/mol. The van der Waals surface area contributed by atoms with Crippen molar-refractivity contribution < 1.29 is 9.90 Å². The fourth-order valence-corrected chi connectivity index (χ4v) is 2.57. The van der Waals surface area contributed by atoms with Gasteiger partial charge in [0.2, 0.25) is 0 Å². The number of hydrogen-bond acceptors (Lipinski definition) is 3. The van der Waals surface area contributed by atoms with E-state index >= 15 is 0 Å². The molecule has 0 aliphatic heterocycles. The Bertz CT molecular complexity index is 619. The summed E-state index contributed by atoms with van der Waals surface area (Å²) in [5.74, 6) is 0.417. The quantitative estimate of drug-likeness (QED) is 0.822.